The number of carbonyl (C=O) groups is 2. The van der Waals surface area contributed by atoms with Gasteiger partial charge in [0.1, 0.15) is 5.82 Å². The highest BCUT2D eigenvalue weighted by molar-refractivity contribution is 7.99. The monoisotopic (exact) mass is 473 g/mol. The maximum absolute atomic E-state index is 13.5. The summed E-state index contributed by atoms with van der Waals surface area (Å²) in [6.07, 6.45) is 3.34. The fourth-order valence-corrected chi connectivity index (χ4v) is 4.68. The van der Waals surface area contributed by atoms with E-state index in [0.29, 0.717) is 23.9 Å². The third kappa shape index (κ3) is 5.10. The van der Waals surface area contributed by atoms with Crippen LogP contribution in [0.25, 0.3) is 11.1 Å². The second kappa shape index (κ2) is 10.1. The topological polar surface area (TPSA) is 98.2 Å². The van der Waals surface area contributed by atoms with Crippen molar-refractivity contribution in [2.75, 3.05) is 26.0 Å². The van der Waals surface area contributed by atoms with E-state index in [-0.39, 0.29) is 29.4 Å². The lowest BCUT2D eigenvalue weighted by Gasteiger charge is -2.33. The number of methoxy groups -OCH3 is 1. The molecule has 0 bridgehead atoms. The molecule has 8 nitrogen and oxygen atoms in total. The highest BCUT2D eigenvalue weighted by atomic mass is 32.2. The molecule has 11 heteroatoms. The Morgan fingerprint density at radius 3 is 2.84 bits per heavy atom. The minimum absolute atomic E-state index is 0.0418. The average Bonchev–Trinajstić information content (AvgIpc) is 3.37. The second-order valence-corrected chi connectivity index (χ2v) is 8.76. The minimum Gasteiger partial charge on any atom is -0.468 e. The number of amides is 1. The van der Waals surface area contributed by atoms with Gasteiger partial charge in [0.05, 0.1) is 18.6 Å². The van der Waals surface area contributed by atoms with Crippen molar-refractivity contribution < 1.29 is 18.7 Å². The first kappa shape index (κ1) is 22.3. The number of ether oxygens (including phenoxy) is 1. The van der Waals surface area contributed by atoms with E-state index in [1.165, 1.54) is 31.0 Å². The number of carbonyl (C=O) groups excluding carboxylic acids is 2. The molecule has 1 aliphatic heterocycles. The third-order valence-corrected chi connectivity index (χ3v) is 6.51. The van der Waals surface area contributed by atoms with Crippen LogP contribution in [-0.4, -0.2) is 62.3 Å². The Bertz CT molecular complexity index is 1100. The third-order valence-electron chi connectivity index (χ3n) is 5.17. The normalized spacial score (nSPS) is 16.1. The Morgan fingerprint density at radius 2 is 2.12 bits per heavy atom. The predicted molar refractivity (Wildman–Crippen MR) is 118 cm³/mol. The first-order valence-corrected chi connectivity index (χ1v) is 11.8. The fraction of sp³-hybridized carbons (Fsp3) is 0.333. The maximum Gasteiger partial charge on any atom is 0.316 e. The van der Waals surface area contributed by atoms with Crippen LogP contribution in [0.4, 0.5) is 4.39 Å². The molecule has 32 heavy (non-hydrogen) atoms. The molecule has 1 aromatic carbocycles. The SMILES string of the molecule is COC(=O)CSc1ncc(-c2ccc(F)cc2)c(C2CCCN(C(=O)c3csnn3)C2)n1. The number of esters is 1. The average molecular weight is 474 g/mol. The Balaban J connectivity index is 1.64. The number of thioether (sulfide) groups is 1. The lowest BCUT2D eigenvalue weighted by atomic mass is 9.90. The van der Waals surface area contributed by atoms with Crippen molar-refractivity contribution in [3.05, 3.63) is 53.0 Å². The fourth-order valence-electron chi connectivity index (χ4n) is 3.60. The lowest BCUT2D eigenvalue weighted by Crippen LogP contribution is -2.39. The molecule has 3 heterocycles. The van der Waals surface area contributed by atoms with Crippen LogP contribution in [-0.2, 0) is 9.53 Å². The van der Waals surface area contributed by atoms with Crippen LogP contribution in [0, 0.1) is 5.82 Å². The molecule has 0 spiro atoms. The van der Waals surface area contributed by atoms with Crippen molar-refractivity contribution >= 4 is 35.2 Å². The van der Waals surface area contributed by atoms with Crippen molar-refractivity contribution in [2.24, 2.45) is 0 Å². The summed E-state index contributed by atoms with van der Waals surface area (Å²) in [6.45, 7) is 1.11. The van der Waals surface area contributed by atoms with Gasteiger partial charge in [-0.3, -0.25) is 9.59 Å². The zero-order valence-electron chi connectivity index (χ0n) is 17.2. The van der Waals surface area contributed by atoms with Gasteiger partial charge >= 0.3 is 5.97 Å². The number of halogens is 1. The van der Waals surface area contributed by atoms with Gasteiger partial charge < -0.3 is 9.64 Å². The van der Waals surface area contributed by atoms with Crippen molar-refractivity contribution in [1.82, 2.24) is 24.5 Å². The zero-order valence-corrected chi connectivity index (χ0v) is 18.9. The number of hydrogen-bond donors (Lipinski definition) is 0. The smallest absolute Gasteiger partial charge is 0.316 e. The number of hydrogen-bond acceptors (Lipinski definition) is 9. The molecule has 1 unspecified atom stereocenters. The van der Waals surface area contributed by atoms with E-state index in [9.17, 15) is 14.0 Å². The molecule has 0 radical (unpaired) electrons. The predicted octanol–water partition coefficient (Wildman–Crippen LogP) is 3.42. The molecule has 0 N–H and O–H groups in total. The molecule has 1 atom stereocenters. The summed E-state index contributed by atoms with van der Waals surface area (Å²) in [5, 5.41) is 5.98. The quantitative estimate of drug-likeness (QED) is 0.305. The van der Waals surface area contributed by atoms with Crippen LogP contribution >= 0.6 is 23.3 Å². The Hall–Kier alpha value is -2.92. The molecule has 0 saturated carbocycles. The largest absolute Gasteiger partial charge is 0.468 e. The Labute approximate surface area is 192 Å². The number of benzene rings is 1. The Morgan fingerprint density at radius 1 is 1.31 bits per heavy atom. The van der Waals surface area contributed by atoms with Gasteiger partial charge in [-0.1, -0.05) is 28.4 Å². The summed E-state index contributed by atoms with van der Waals surface area (Å²) in [5.74, 6) is -0.791. The summed E-state index contributed by atoms with van der Waals surface area (Å²) < 4.78 is 21.9. The van der Waals surface area contributed by atoms with Crippen LogP contribution in [0.2, 0.25) is 0 Å². The molecule has 1 saturated heterocycles. The summed E-state index contributed by atoms with van der Waals surface area (Å²) in [6, 6.07) is 6.16. The number of nitrogens with zero attached hydrogens (tertiary/aromatic N) is 5. The lowest BCUT2D eigenvalue weighted by molar-refractivity contribution is -0.137. The Kier molecular flexibility index (Phi) is 7.05. The standard InChI is InChI=1S/C21H20FN5O3S2/c1-30-18(28)12-31-21-23-9-16(13-4-6-15(22)7-5-13)19(24-21)14-3-2-8-27(10-14)20(29)17-11-32-26-25-17/h4-7,9,11,14H,2-3,8,10,12H2,1H3. The summed E-state index contributed by atoms with van der Waals surface area (Å²) in [7, 11) is 1.33. The minimum atomic E-state index is -0.367. The van der Waals surface area contributed by atoms with Gasteiger partial charge in [0, 0.05) is 36.1 Å². The van der Waals surface area contributed by atoms with Gasteiger partial charge in [-0.2, -0.15) is 0 Å². The van der Waals surface area contributed by atoms with Crippen LogP contribution in [0.15, 0.2) is 41.0 Å². The van der Waals surface area contributed by atoms with E-state index in [1.54, 1.807) is 28.6 Å². The van der Waals surface area contributed by atoms with E-state index in [2.05, 4.69) is 14.6 Å². The summed E-state index contributed by atoms with van der Waals surface area (Å²) in [5.41, 5.74) is 2.68. The van der Waals surface area contributed by atoms with Crippen molar-refractivity contribution in [2.45, 2.75) is 23.9 Å². The van der Waals surface area contributed by atoms with E-state index >= 15 is 0 Å². The molecule has 1 fully saturated rings. The highest BCUT2D eigenvalue weighted by Gasteiger charge is 2.29. The van der Waals surface area contributed by atoms with Gasteiger partial charge in [0.15, 0.2) is 10.9 Å². The number of rotatable bonds is 6. The number of piperidine rings is 1. The van der Waals surface area contributed by atoms with Gasteiger partial charge in [-0.25, -0.2) is 14.4 Å². The van der Waals surface area contributed by atoms with Crippen molar-refractivity contribution in [3.63, 3.8) is 0 Å². The van der Waals surface area contributed by atoms with E-state index in [4.69, 9.17) is 9.72 Å². The van der Waals surface area contributed by atoms with E-state index < -0.39 is 0 Å². The molecule has 166 valence electrons. The second-order valence-electron chi connectivity index (χ2n) is 7.20. The summed E-state index contributed by atoms with van der Waals surface area (Å²) >= 11 is 2.33. The van der Waals surface area contributed by atoms with Crippen LogP contribution in [0.1, 0.15) is 34.9 Å². The van der Waals surface area contributed by atoms with E-state index in [0.717, 1.165) is 41.2 Å². The van der Waals surface area contributed by atoms with Crippen LogP contribution < -0.4 is 0 Å². The van der Waals surface area contributed by atoms with Gasteiger partial charge in [-0.05, 0) is 42.1 Å². The molecule has 0 aliphatic carbocycles. The van der Waals surface area contributed by atoms with Gasteiger partial charge in [-0.15, -0.1) is 5.10 Å². The first-order valence-electron chi connectivity index (χ1n) is 9.94. The molecule has 4 rings (SSSR count). The van der Waals surface area contributed by atoms with Crippen LogP contribution in [0.5, 0.6) is 0 Å². The van der Waals surface area contributed by atoms with E-state index in [1.807, 2.05) is 0 Å². The van der Waals surface area contributed by atoms with Crippen molar-refractivity contribution in [1.29, 1.82) is 0 Å². The molecule has 2 aromatic heterocycles. The molecule has 1 aliphatic rings. The maximum atomic E-state index is 13.5. The number of aromatic nitrogens is 4. The highest BCUT2D eigenvalue weighted by Crippen LogP contribution is 2.34. The first-order chi connectivity index (χ1) is 15.5. The molecular formula is C21H20FN5O3S2. The molecule has 1 amide bonds. The van der Waals surface area contributed by atoms with Crippen LogP contribution in [0.3, 0.4) is 0 Å². The van der Waals surface area contributed by atoms with Crippen molar-refractivity contribution in [3.8, 4) is 11.1 Å². The van der Waals surface area contributed by atoms with Gasteiger partial charge in [0.2, 0.25) is 0 Å². The molecular weight excluding hydrogens is 453 g/mol. The summed E-state index contributed by atoms with van der Waals surface area (Å²) in [4.78, 5) is 35.2. The number of likely N-dealkylation sites (tertiary alicyclic amines) is 1. The van der Waals surface area contributed by atoms with Gasteiger partial charge in [0.25, 0.3) is 5.91 Å². The zero-order chi connectivity index (χ0) is 22.5. The molecule has 3 aromatic rings.